The lowest BCUT2D eigenvalue weighted by molar-refractivity contribution is -0.144. The normalized spacial score (nSPS) is 16.4. The molecule has 1 fully saturated rings. The van der Waals surface area contributed by atoms with Gasteiger partial charge in [-0.05, 0) is 44.6 Å². The maximum absolute atomic E-state index is 12.6. The standard InChI is InChI=1S/C18H26N2O5/c1-4-13-15(11(3)21)10(2)20-16(13)17(22)19-9-14(18(23)24)12-5-7-25-8-6-12/h12,14,20H,4-9H2,1-3H3,(H,19,22)(H,23,24). The number of aryl methyl sites for hydroxylation is 1. The number of aliphatic carboxylic acids is 1. The lowest BCUT2D eigenvalue weighted by Gasteiger charge is -2.27. The smallest absolute Gasteiger partial charge is 0.308 e. The van der Waals surface area contributed by atoms with Gasteiger partial charge in [-0.3, -0.25) is 14.4 Å². The number of H-pyrrole nitrogens is 1. The first kappa shape index (κ1) is 19.2. The highest BCUT2D eigenvalue weighted by Gasteiger charge is 2.30. The summed E-state index contributed by atoms with van der Waals surface area (Å²) in [6, 6.07) is 0. The number of amides is 1. The van der Waals surface area contributed by atoms with Crippen molar-refractivity contribution in [2.24, 2.45) is 11.8 Å². The van der Waals surface area contributed by atoms with Gasteiger partial charge in [-0.15, -0.1) is 0 Å². The van der Waals surface area contributed by atoms with Crippen LogP contribution in [-0.2, 0) is 16.0 Å². The molecule has 0 aliphatic carbocycles. The van der Waals surface area contributed by atoms with Gasteiger partial charge in [0.15, 0.2) is 5.78 Å². The summed E-state index contributed by atoms with van der Waals surface area (Å²) < 4.78 is 5.28. The van der Waals surface area contributed by atoms with E-state index in [0.29, 0.717) is 55.0 Å². The van der Waals surface area contributed by atoms with Crippen LogP contribution in [0.25, 0.3) is 0 Å². The molecule has 25 heavy (non-hydrogen) atoms. The summed E-state index contributed by atoms with van der Waals surface area (Å²) in [5.41, 5.74) is 2.24. The highest BCUT2D eigenvalue weighted by molar-refractivity contribution is 6.02. The molecule has 1 unspecified atom stereocenters. The topological polar surface area (TPSA) is 108 Å². The number of carbonyl (C=O) groups excluding carboxylic acids is 2. The van der Waals surface area contributed by atoms with Crippen molar-refractivity contribution in [1.29, 1.82) is 0 Å². The number of Topliss-reactive ketones (excluding diaryl/α,β-unsaturated/α-hetero) is 1. The Kier molecular flexibility index (Phi) is 6.36. The zero-order valence-electron chi connectivity index (χ0n) is 15.0. The first-order valence-electron chi connectivity index (χ1n) is 8.67. The van der Waals surface area contributed by atoms with Crippen LogP contribution in [-0.4, -0.2) is 47.5 Å². The largest absolute Gasteiger partial charge is 0.481 e. The molecule has 0 saturated carbocycles. The molecule has 2 heterocycles. The second-order valence-electron chi connectivity index (χ2n) is 6.49. The molecular weight excluding hydrogens is 324 g/mol. The van der Waals surface area contributed by atoms with Crippen LogP contribution in [0.4, 0.5) is 0 Å². The minimum atomic E-state index is -0.907. The van der Waals surface area contributed by atoms with Gasteiger partial charge in [0.05, 0.1) is 5.92 Å². The molecule has 1 aromatic heterocycles. The summed E-state index contributed by atoms with van der Waals surface area (Å²) in [6.07, 6.45) is 1.91. The predicted octanol–water partition coefficient (Wildman–Crippen LogP) is 1.95. The van der Waals surface area contributed by atoms with Gasteiger partial charge in [-0.1, -0.05) is 6.92 Å². The van der Waals surface area contributed by atoms with Crippen LogP contribution in [0.2, 0.25) is 0 Å². The number of aromatic amines is 1. The van der Waals surface area contributed by atoms with Gasteiger partial charge in [0.2, 0.25) is 0 Å². The third kappa shape index (κ3) is 4.28. The number of rotatable bonds is 7. The van der Waals surface area contributed by atoms with E-state index in [1.165, 1.54) is 6.92 Å². The van der Waals surface area contributed by atoms with Crippen molar-refractivity contribution in [3.8, 4) is 0 Å². The Morgan fingerprint density at radius 2 is 1.96 bits per heavy atom. The van der Waals surface area contributed by atoms with Crippen molar-refractivity contribution in [2.45, 2.75) is 40.0 Å². The maximum Gasteiger partial charge on any atom is 0.308 e. The Morgan fingerprint density at radius 1 is 1.32 bits per heavy atom. The molecular formula is C18H26N2O5. The van der Waals surface area contributed by atoms with E-state index < -0.39 is 11.9 Å². The Balaban J connectivity index is 2.12. The molecule has 1 saturated heterocycles. The number of carbonyl (C=O) groups is 3. The summed E-state index contributed by atoms with van der Waals surface area (Å²) >= 11 is 0. The van der Waals surface area contributed by atoms with Crippen LogP contribution in [0.15, 0.2) is 0 Å². The molecule has 0 aromatic carbocycles. The molecule has 138 valence electrons. The summed E-state index contributed by atoms with van der Waals surface area (Å²) in [7, 11) is 0. The minimum Gasteiger partial charge on any atom is -0.481 e. The van der Waals surface area contributed by atoms with Gasteiger partial charge < -0.3 is 20.1 Å². The van der Waals surface area contributed by atoms with E-state index in [1.54, 1.807) is 6.92 Å². The van der Waals surface area contributed by atoms with Crippen LogP contribution in [0.3, 0.4) is 0 Å². The molecule has 1 atom stereocenters. The molecule has 0 radical (unpaired) electrons. The third-order valence-corrected chi connectivity index (χ3v) is 4.86. The van der Waals surface area contributed by atoms with E-state index in [4.69, 9.17) is 4.74 Å². The lowest BCUT2D eigenvalue weighted by atomic mass is 9.86. The van der Waals surface area contributed by atoms with Crippen LogP contribution < -0.4 is 5.32 Å². The molecule has 7 heteroatoms. The number of nitrogens with one attached hydrogen (secondary N) is 2. The number of carboxylic acid groups (broad SMARTS) is 1. The number of aromatic nitrogens is 1. The van der Waals surface area contributed by atoms with Gasteiger partial charge in [0.25, 0.3) is 5.91 Å². The second-order valence-corrected chi connectivity index (χ2v) is 6.49. The molecule has 2 rings (SSSR count). The van der Waals surface area contributed by atoms with Gasteiger partial charge in [-0.25, -0.2) is 0 Å². The number of carboxylic acids is 1. The third-order valence-electron chi connectivity index (χ3n) is 4.86. The van der Waals surface area contributed by atoms with E-state index in [9.17, 15) is 19.5 Å². The van der Waals surface area contributed by atoms with Crippen LogP contribution in [0, 0.1) is 18.8 Å². The number of ketones is 1. The van der Waals surface area contributed by atoms with E-state index in [0.717, 1.165) is 0 Å². The quantitative estimate of drug-likeness (QED) is 0.651. The highest BCUT2D eigenvalue weighted by atomic mass is 16.5. The number of hydrogen-bond donors (Lipinski definition) is 3. The summed E-state index contributed by atoms with van der Waals surface area (Å²) in [6.45, 7) is 6.29. The van der Waals surface area contributed by atoms with Crippen molar-refractivity contribution in [2.75, 3.05) is 19.8 Å². The highest BCUT2D eigenvalue weighted by Crippen LogP contribution is 2.24. The van der Waals surface area contributed by atoms with Crippen molar-refractivity contribution >= 4 is 17.7 Å². The van der Waals surface area contributed by atoms with Crippen LogP contribution in [0.5, 0.6) is 0 Å². The fourth-order valence-corrected chi connectivity index (χ4v) is 3.57. The average Bonchev–Trinajstić information content (AvgIpc) is 2.92. The SMILES string of the molecule is CCc1c(C(=O)NCC(C(=O)O)C2CCOCC2)[nH]c(C)c1C(C)=O. The molecule has 1 amide bonds. The van der Waals surface area contributed by atoms with Crippen molar-refractivity contribution < 1.29 is 24.2 Å². The molecule has 1 aliphatic heterocycles. The van der Waals surface area contributed by atoms with Gasteiger partial charge in [-0.2, -0.15) is 0 Å². The van der Waals surface area contributed by atoms with Crippen molar-refractivity contribution in [3.05, 3.63) is 22.5 Å². The van der Waals surface area contributed by atoms with Gasteiger partial charge >= 0.3 is 5.97 Å². The average molecular weight is 350 g/mol. The van der Waals surface area contributed by atoms with Crippen molar-refractivity contribution in [3.63, 3.8) is 0 Å². The lowest BCUT2D eigenvalue weighted by Crippen LogP contribution is -2.39. The van der Waals surface area contributed by atoms with Crippen molar-refractivity contribution in [1.82, 2.24) is 10.3 Å². The minimum absolute atomic E-state index is 0.00430. The Hall–Kier alpha value is -2.15. The second kappa shape index (κ2) is 8.29. The molecule has 1 aromatic rings. The fraction of sp³-hybridized carbons (Fsp3) is 0.611. The molecule has 7 nitrogen and oxygen atoms in total. The first-order chi connectivity index (χ1) is 11.9. The summed E-state index contributed by atoms with van der Waals surface area (Å²) in [5, 5.41) is 12.2. The number of ether oxygens (including phenoxy) is 1. The van der Waals surface area contributed by atoms with E-state index >= 15 is 0 Å². The zero-order chi connectivity index (χ0) is 18.6. The first-order valence-corrected chi connectivity index (χ1v) is 8.67. The maximum atomic E-state index is 12.6. The molecule has 0 bridgehead atoms. The van der Waals surface area contributed by atoms with E-state index in [-0.39, 0.29) is 24.2 Å². The summed E-state index contributed by atoms with van der Waals surface area (Å²) in [5.74, 6) is -2.01. The van der Waals surface area contributed by atoms with E-state index in [1.807, 2.05) is 6.92 Å². The Bertz CT molecular complexity index is 659. The molecule has 0 spiro atoms. The van der Waals surface area contributed by atoms with E-state index in [2.05, 4.69) is 10.3 Å². The Labute approximate surface area is 147 Å². The van der Waals surface area contributed by atoms with Crippen LogP contribution >= 0.6 is 0 Å². The predicted molar refractivity (Wildman–Crippen MR) is 91.9 cm³/mol. The van der Waals surface area contributed by atoms with Crippen LogP contribution in [0.1, 0.15) is 58.8 Å². The van der Waals surface area contributed by atoms with Gasteiger partial charge in [0, 0.05) is 31.0 Å². The molecule has 1 aliphatic rings. The monoisotopic (exact) mass is 350 g/mol. The van der Waals surface area contributed by atoms with Gasteiger partial charge in [0.1, 0.15) is 5.69 Å². The Morgan fingerprint density at radius 3 is 2.48 bits per heavy atom. The zero-order valence-corrected chi connectivity index (χ0v) is 15.0. The molecule has 3 N–H and O–H groups in total. The summed E-state index contributed by atoms with van der Waals surface area (Å²) in [4.78, 5) is 38.9. The fourth-order valence-electron chi connectivity index (χ4n) is 3.57. The number of hydrogen-bond acceptors (Lipinski definition) is 4.